The van der Waals surface area contributed by atoms with Crippen molar-refractivity contribution in [3.05, 3.63) is 54.4 Å². The lowest BCUT2D eigenvalue weighted by atomic mass is 9.89. The molecule has 0 saturated carbocycles. The van der Waals surface area contributed by atoms with Crippen LogP contribution in [0.1, 0.15) is 25.9 Å². The first kappa shape index (κ1) is 37.1. The third kappa shape index (κ3) is 8.02. The molecule has 5 heterocycles. The molecule has 2 aliphatic rings. The first-order valence-electron chi connectivity index (χ1n) is 15.8. The summed E-state index contributed by atoms with van der Waals surface area (Å²) in [6.45, 7) is 2.17. The van der Waals surface area contributed by atoms with Crippen LogP contribution in [0.2, 0.25) is 0 Å². The minimum Gasteiger partial charge on any atom is -0.480 e. The van der Waals surface area contributed by atoms with E-state index in [0.29, 0.717) is 11.3 Å². The zero-order valence-corrected chi connectivity index (χ0v) is 28.6. The van der Waals surface area contributed by atoms with Gasteiger partial charge in [-0.3, -0.25) is 4.79 Å². The van der Waals surface area contributed by atoms with Gasteiger partial charge < -0.3 is 33.9 Å². The number of carboxylic acids is 1. The average Bonchev–Trinajstić information content (AvgIpc) is 3.81. The molecule has 0 radical (unpaired) electrons. The van der Waals surface area contributed by atoms with Gasteiger partial charge >= 0.3 is 17.9 Å². The van der Waals surface area contributed by atoms with E-state index < -0.39 is 83.0 Å². The lowest BCUT2D eigenvalue weighted by Gasteiger charge is -2.46. The van der Waals surface area contributed by atoms with E-state index in [2.05, 4.69) is 30.6 Å². The van der Waals surface area contributed by atoms with Crippen LogP contribution in [0.4, 0.5) is 13.2 Å². The molecule has 2 N–H and O–H groups in total. The monoisotopic (exact) mass is 750 g/mol. The molecule has 4 aromatic rings. The Morgan fingerprint density at radius 3 is 2.33 bits per heavy atom. The highest BCUT2D eigenvalue weighted by atomic mass is 32.2. The van der Waals surface area contributed by atoms with Crippen molar-refractivity contribution in [3.8, 4) is 28.5 Å². The number of aliphatic carboxylic acids is 1. The maximum absolute atomic E-state index is 14.1. The summed E-state index contributed by atoms with van der Waals surface area (Å²) in [6, 6.07) is 0.158. The van der Waals surface area contributed by atoms with Gasteiger partial charge in [0.1, 0.15) is 42.2 Å². The number of carbonyl (C=O) groups is 2. The van der Waals surface area contributed by atoms with Crippen LogP contribution in [0, 0.1) is 23.4 Å². The Bertz CT molecular complexity index is 1860. The Kier molecular flexibility index (Phi) is 11.3. The van der Waals surface area contributed by atoms with E-state index in [4.69, 9.17) is 23.7 Å². The summed E-state index contributed by atoms with van der Waals surface area (Å²) in [7, 11) is 1.44. The van der Waals surface area contributed by atoms with E-state index in [1.54, 1.807) is 13.1 Å². The number of esters is 1. The molecule has 0 aliphatic carbocycles. The SMILES string of the molecule is COc1ncc(-c2cn(C3COCC(SC4OC(COC(C)=O)C(C)C(n5cc(-c6cc(F)c(F)c(F)c6)nn5)C4OCC(=O)O)C3O)nn2)cn1. The number of methoxy groups -OCH3 is 1. The highest BCUT2D eigenvalue weighted by Crippen LogP contribution is 2.43. The van der Waals surface area contributed by atoms with Crippen molar-refractivity contribution in [2.75, 3.05) is 33.5 Å². The minimum absolute atomic E-state index is 0.0124. The van der Waals surface area contributed by atoms with Crippen LogP contribution in [0.3, 0.4) is 0 Å². The highest BCUT2D eigenvalue weighted by Gasteiger charge is 2.49. The van der Waals surface area contributed by atoms with Crippen molar-refractivity contribution >= 4 is 23.7 Å². The minimum atomic E-state index is -1.64. The molecular formula is C31H33F3N8O9S. The van der Waals surface area contributed by atoms with E-state index in [-0.39, 0.29) is 37.1 Å². The van der Waals surface area contributed by atoms with Crippen LogP contribution >= 0.6 is 11.8 Å². The number of benzene rings is 1. The predicted octanol–water partition coefficient (Wildman–Crippen LogP) is 2.09. The number of aromatic nitrogens is 8. The van der Waals surface area contributed by atoms with Gasteiger partial charge in [0.15, 0.2) is 17.5 Å². The van der Waals surface area contributed by atoms with E-state index in [0.717, 1.165) is 23.9 Å². The summed E-state index contributed by atoms with van der Waals surface area (Å²) in [5.74, 6) is -6.92. The molecule has 2 fully saturated rings. The highest BCUT2D eigenvalue weighted by molar-refractivity contribution is 8.00. The van der Waals surface area contributed by atoms with Crippen molar-refractivity contribution in [2.45, 2.75) is 54.9 Å². The van der Waals surface area contributed by atoms with Gasteiger partial charge in [-0.1, -0.05) is 17.4 Å². The molecule has 278 valence electrons. The second-order valence-electron chi connectivity index (χ2n) is 12.0. The lowest BCUT2D eigenvalue weighted by molar-refractivity contribution is -0.182. The van der Waals surface area contributed by atoms with Crippen molar-refractivity contribution in [1.82, 2.24) is 40.0 Å². The predicted molar refractivity (Wildman–Crippen MR) is 171 cm³/mol. The number of thioether (sulfide) groups is 1. The third-order valence-corrected chi connectivity index (χ3v) is 10.0. The summed E-state index contributed by atoms with van der Waals surface area (Å²) in [4.78, 5) is 31.7. The quantitative estimate of drug-likeness (QED) is 0.157. The molecule has 0 spiro atoms. The van der Waals surface area contributed by atoms with E-state index in [1.165, 1.54) is 42.0 Å². The number of carbonyl (C=O) groups excluding carboxylic acids is 1. The van der Waals surface area contributed by atoms with Gasteiger partial charge in [-0.25, -0.2) is 37.3 Å². The number of nitrogens with zero attached hydrogens (tertiary/aromatic N) is 8. The maximum Gasteiger partial charge on any atom is 0.329 e. The van der Waals surface area contributed by atoms with Crippen molar-refractivity contribution in [2.24, 2.45) is 5.92 Å². The lowest BCUT2D eigenvalue weighted by Crippen LogP contribution is -2.54. The van der Waals surface area contributed by atoms with Crippen LogP contribution < -0.4 is 4.74 Å². The number of carboxylic acid groups (broad SMARTS) is 1. The number of ether oxygens (including phenoxy) is 5. The molecule has 2 saturated heterocycles. The Morgan fingerprint density at radius 2 is 1.67 bits per heavy atom. The van der Waals surface area contributed by atoms with Crippen LogP contribution in [0.25, 0.3) is 22.5 Å². The first-order chi connectivity index (χ1) is 24.9. The summed E-state index contributed by atoms with van der Waals surface area (Å²) in [5, 5.41) is 37.1. The Morgan fingerprint density at radius 1 is 1.02 bits per heavy atom. The second kappa shape index (κ2) is 15.9. The zero-order valence-electron chi connectivity index (χ0n) is 27.8. The van der Waals surface area contributed by atoms with Gasteiger partial charge in [-0.05, 0) is 12.1 Å². The summed E-state index contributed by atoms with van der Waals surface area (Å²) < 4.78 is 73.1. The molecular weight excluding hydrogens is 717 g/mol. The van der Waals surface area contributed by atoms with E-state index >= 15 is 0 Å². The molecule has 0 amide bonds. The standard InChI is InChI=1S/C31H33F3N8O9S/c1-14-23(11-49-15(2)43)51-30(29(50-13-25(44)45)27(14)42-9-20(37-40-42)16-4-18(32)26(34)19(33)5-16)52-24-12-48-10-22(28(24)46)41-8-21(38-39-41)17-6-35-31(47-3)36-7-17/h4-9,14,22-24,27-30,46H,10-13H2,1-3H3,(H,44,45). The smallest absolute Gasteiger partial charge is 0.329 e. The van der Waals surface area contributed by atoms with Gasteiger partial charge in [0, 0.05) is 36.4 Å². The van der Waals surface area contributed by atoms with E-state index in [1.807, 2.05) is 0 Å². The number of hydrogen-bond donors (Lipinski definition) is 2. The number of hydrogen-bond acceptors (Lipinski definition) is 15. The fourth-order valence-corrected chi connectivity index (χ4v) is 7.41. The molecule has 0 bridgehead atoms. The molecule has 2 aliphatic heterocycles. The number of aliphatic hydroxyl groups excluding tert-OH is 1. The molecule has 8 atom stereocenters. The van der Waals surface area contributed by atoms with Gasteiger partial charge in [0.25, 0.3) is 0 Å². The molecule has 8 unspecified atom stereocenters. The molecule has 21 heteroatoms. The first-order valence-corrected chi connectivity index (χ1v) is 16.8. The summed E-state index contributed by atoms with van der Waals surface area (Å²) >= 11 is 1.11. The Balaban J connectivity index is 1.28. The van der Waals surface area contributed by atoms with Crippen LogP contribution in [-0.2, 0) is 28.5 Å². The van der Waals surface area contributed by atoms with Crippen molar-refractivity contribution < 1.29 is 56.7 Å². The van der Waals surface area contributed by atoms with Gasteiger partial charge in [-0.15, -0.1) is 22.0 Å². The maximum atomic E-state index is 14.1. The molecule has 1 aromatic carbocycles. The zero-order chi connectivity index (χ0) is 37.1. The van der Waals surface area contributed by atoms with Gasteiger partial charge in [-0.2, -0.15) is 0 Å². The molecule has 3 aromatic heterocycles. The molecule has 17 nitrogen and oxygen atoms in total. The van der Waals surface area contributed by atoms with Crippen molar-refractivity contribution in [1.29, 1.82) is 0 Å². The largest absolute Gasteiger partial charge is 0.480 e. The number of halogens is 3. The number of aliphatic hydroxyl groups is 1. The van der Waals surface area contributed by atoms with Crippen LogP contribution in [-0.4, -0.2) is 125 Å². The summed E-state index contributed by atoms with van der Waals surface area (Å²) in [6.07, 6.45) is 3.03. The van der Waals surface area contributed by atoms with Crippen LogP contribution in [0.15, 0.2) is 36.9 Å². The van der Waals surface area contributed by atoms with E-state index in [9.17, 15) is 33.0 Å². The molecule has 6 rings (SSSR count). The fraction of sp³-hybridized carbons (Fsp3) is 0.484. The Labute approximate surface area is 297 Å². The topological polar surface area (TPSA) is 208 Å². The van der Waals surface area contributed by atoms with Crippen LogP contribution in [0.5, 0.6) is 6.01 Å². The fourth-order valence-electron chi connectivity index (χ4n) is 5.95. The second-order valence-corrected chi connectivity index (χ2v) is 13.4. The molecule has 52 heavy (non-hydrogen) atoms. The normalized spacial score (nSPS) is 26.2. The average molecular weight is 751 g/mol. The number of rotatable bonds is 12. The Hall–Kier alpha value is -4.70. The third-order valence-electron chi connectivity index (χ3n) is 8.60. The van der Waals surface area contributed by atoms with Gasteiger partial charge in [0.05, 0.1) is 56.2 Å². The van der Waals surface area contributed by atoms with Crippen molar-refractivity contribution in [3.63, 3.8) is 0 Å². The summed E-state index contributed by atoms with van der Waals surface area (Å²) in [5.41, 5.74) is -0.133. The van der Waals surface area contributed by atoms with Gasteiger partial charge in [0.2, 0.25) is 0 Å².